The SMILES string of the molecule is COc1ccc(OC)c(NC(=O)c2ccccc2N2C(=O)[C@H]3CC=CC[C@H]3C2=O)c1. The molecule has 30 heavy (non-hydrogen) atoms. The minimum Gasteiger partial charge on any atom is -0.497 e. The zero-order valence-corrected chi connectivity index (χ0v) is 16.8. The minimum atomic E-state index is -0.453. The molecular weight excluding hydrogens is 384 g/mol. The van der Waals surface area contributed by atoms with E-state index >= 15 is 0 Å². The molecule has 3 amide bonds. The highest BCUT2D eigenvalue weighted by Crippen LogP contribution is 2.39. The van der Waals surface area contributed by atoms with Crippen molar-refractivity contribution in [3.8, 4) is 11.5 Å². The maximum absolute atomic E-state index is 13.1. The van der Waals surface area contributed by atoms with Gasteiger partial charge >= 0.3 is 0 Å². The van der Waals surface area contributed by atoms with Crippen molar-refractivity contribution in [3.05, 3.63) is 60.2 Å². The van der Waals surface area contributed by atoms with Crippen LogP contribution in [-0.2, 0) is 9.59 Å². The van der Waals surface area contributed by atoms with Gasteiger partial charge in [0.2, 0.25) is 11.8 Å². The Balaban J connectivity index is 1.67. The van der Waals surface area contributed by atoms with Crippen LogP contribution in [0.15, 0.2) is 54.6 Å². The molecule has 1 saturated heterocycles. The number of amides is 3. The van der Waals surface area contributed by atoms with Crippen molar-refractivity contribution < 1.29 is 23.9 Å². The number of fused-ring (bicyclic) bond motifs is 1. The van der Waals surface area contributed by atoms with E-state index in [1.54, 1.807) is 42.5 Å². The quantitative estimate of drug-likeness (QED) is 0.608. The molecule has 0 radical (unpaired) electrons. The first-order chi connectivity index (χ1) is 14.5. The van der Waals surface area contributed by atoms with Crippen LogP contribution in [0, 0.1) is 11.8 Å². The van der Waals surface area contributed by atoms with Gasteiger partial charge < -0.3 is 14.8 Å². The molecule has 1 heterocycles. The van der Waals surface area contributed by atoms with Gasteiger partial charge in [-0.15, -0.1) is 0 Å². The predicted octanol–water partition coefficient (Wildman–Crippen LogP) is 3.41. The number of nitrogens with one attached hydrogen (secondary N) is 1. The highest BCUT2D eigenvalue weighted by Gasteiger charge is 2.48. The maximum atomic E-state index is 13.1. The predicted molar refractivity (Wildman–Crippen MR) is 112 cm³/mol. The summed E-state index contributed by atoms with van der Waals surface area (Å²) in [4.78, 5) is 40.2. The molecule has 1 aliphatic carbocycles. The molecule has 0 saturated carbocycles. The van der Waals surface area contributed by atoms with Gasteiger partial charge in [-0.25, -0.2) is 4.90 Å². The number of hydrogen-bond acceptors (Lipinski definition) is 5. The maximum Gasteiger partial charge on any atom is 0.257 e. The molecule has 4 rings (SSSR count). The van der Waals surface area contributed by atoms with Gasteiger partial charge in [0.25, 0.3) is 5.91 Å². The molecule has 2 aliphatic rings. The fraction of sp³-hybridized carbons (Fsp3) is 0.261. The summed E-state index contributed by atoms with van der Waals surface area (Å²) < 4.78 is 10.5. The Bertz CT molecular complexity index is 1020. The smallest absolute Gasteiger partial charge is 0.257 e. The highest BCUT2D eigenvalue weighted by molar-refractivity contribution is 6.25. The Morgan fingerprint density at radius 3 is 2.27 bits per heavy atom. The Hall–Kier alpha value is -3.61. The number of allylic oxidation sites excluding steroid dienone is 2. The molecule has 0 unspecified atom stereocenters. The number of hydrogen-bond donors (Lipinski definition) is 1. The summed E-state index contributed by atoms with van der Waals surface area (Å²) in [5, 5.41) is 2.80. The minimum absolute atomic E-state index is 0.232. The molecule has 0 spiro atoms. The lowest BCUT2D eigenvalue weighted by Gasteiger charge is -2.19. The number of carbonyl (C=O) groups is 3. The first-order valence-corrected chi connectivity index (χ1v) is 9.70. The van der Waals surface area contributed by atoms with E-state index in [2.05, 4.69) is 5.32 Å². The summed E-state index contributed by atoms with van der Waals surface area (Å²) >= 11 is 0. The number of nitrogens with zero attached hydrogens (tertiary/aromatic N) is 1. The van der Waals surface area contributed by atoms with E-state index in [9.17, 15) is 14.4 Å². The molecule has 1 N–H and O–H groups in total. The van der Waals surface area contributed by atoms with Crippen LogP contribution in [0.3, 0.4) is 0 Å². The van der Waals surface area contributed by atoms with Crippen molar-refractivity contribution in [1.82, 2.24) is 0 Å². The van der Waals surface area contributed by atoms with Crippen molar-refractivity contribution in [2.75, 3.05) is 24.4 Å². The second-order valence-electron chi connectivity index (χ2n) is 7.21. The Morgan fingerprint density at radius 2 is 1.63 bits per heavy atom. The van der Waals surface area contributed by atoms with Crippen LogP contribution in [0.5, 0.6) is 11.5 Å². The summed E-state index contributed by atoms with van der Waals surface area (Å²) in [6, 6.07) is 11.7. The van der Waals surface area contributed by atoms with E-state index in [0.717, 1.165) is 0 Å². The van der Waals surface area contributed by atoms with Crippen molar-refractivity contribution in [2.24, 2.45) is 11.8 Å². The lowest BCUT2D eigenvalue weighted by atomic mass is 9.85. The molecule has 2 aromatic rings. The van der Waals surface area contributed by atoms with Crippen LogP contribution in [0.25, 0.3) is 0 Å². The zero-order valence-electron chi connectivity index (χ0n) is 16.8. The lowest BCUT2D eigenvalue weighted by molar-refractivity contribution is -0.122. The van der Waals surface area contributed by atoms with Crippen LogP contribution >= 0.6 is 0 Å². The third kappa shape index (κ3) is 3.32. The van der Waals surface area contributed by atoms with Crippen LogP contribution in [0.2, 0.25) is 0 Å². The summed E-state index contributed by atoms with van der Waals surface area (Å²) in [5.41, 5.74) is 0.950. The van der Waals surface area contributed by atoms with Gasteiger partial charge in [0.15, 0.2) is 0 Å². The number of anilines is 2. The van der Waals surface area contributed by atoms with Gasteiger partial charge in [-0.3, -0.25) is 14.4 Å². The van der Waals surface area contributed by atoms with Crippen LogP contribution < -0.4 is 19.7 Å². The van der Waals surface area contributed by atoms with Gasteiger partial charge in [0, 0.05) is 6.07 Å². The molecule has 1 fully saturated rings. The topological polar surface area (TPSA) is 84.9 Å². The van der Waals surface area contributed by atoms with Crippen LogP contribution in [0.4, 0.5) is 11.4 Å². The van der Waals surface area contributed by atoms with E-state index in [1.165, 1.54) is 19.1 Å². The van der Waals surface area contributed by atoms with Crippen molar-refractivity contribution in [2.45, 2.75) is 12.8 Å². The Labute approximate surface area is 174 Å². The fourth-order valence-corrected chi connectivity index (χ4v) is 4.00. The number of para-hydroxylation sites is 1. The van der Waals surface area contributed by atoms with Gasteiger partial charge in [-0.1, -0.05) is 24.3 Å². The molecular formula is C23H22N2O5. The van der Waals surface area contributed by atoms with Gasteiger partial charge in [0.1, 0.15) is 11.5 Å². The lowest BCUT2D eigenvalue weighted by Crippen LogP contribution is -2.33. The number of benzene rings is 2. The number of rotatable bonds is 5. The van der Waals surface area contributed by atoms with Crippen molar-refractivity contribution in [3.63, 3.8) is 0 Å². The molecule has 0 bridgehead atoms. The molecule has 2 atom stereocenters. The van der Waals surface area contributed by atoms with E-state index in [-0.39, 0.29) is 29.2 Å². The number of methoxy groups -OCH3 is 2. The average molecular weight is 406 g/mol. The molecule has 7 heteroatoms. The first kappa shape index (κ1) is 19.7. The molecule has 2 aromatic carbocycles. The summed E-state index contributed by atoms with van der Waals surface area (Å²) in [6.07, 6.45) is 4.95. The second-order valence-corrected chi connectivity index (χ2v) is 7.21. The standard InChI is InChI=1S/C23H22N2O5/c1-29-14-11-12-20(30-2)18(13-14)24-21(26)17-9-5-6-10-19(17)25-22(27)15-7-3-4-8-16(15)23(25)28/h3-6,9-13,15-16H,7-8H2,1-2H3,(H,24,26)/t15-,16+. The zero-order chi connectivity index (χ0) is 21.3. The van der Waals surface area contributed by atoms with Crippen molar-refractivity contribution in [1.29, 1.82) is 0 Å². The van der Waals surface area contributed by atoms with E-state index in [0.29, 0.717) is 35.7 Å². The Morgan fingerprint density at radius 1 is 0.967 bits per heavy atom. The number of imide groups is 1. The van der Waals surface area contributed by atoms with E-state index in [1.807, 2.05) is 12.2 Å². The van der Waals surface area contributed by atoms with Crippen LogP contribution in [0.1, 0.15) is 23.2 Å². The second kappa shape index (κ2) is 8.02. The molecule has 0 aromatic heterocycles. The highest BCUT2D eigenvalue weighted by atomic mass is 16.5. The largest absolute Gasteiger partial charge is 0.497 e. The van der Waals surface area contributed by atoms with Crippen LogP contribution in [-0.4, -0.2) is 31.9 Å². The Kier molecular flexibility index (Phi) is 5.27. The molecule has 7 nitrogen and oxygen atoms in total. The van der Waals surface area contributed by atoms with E-state index < -0.39 is 5.91 Å². The van der Waals surface area contributed by atoms with E-state index in [4.69, 9.17) is 9.47 Å². The molecule has 1 aliphatic heterocycles. The number of ether oxygens (including phenoxy) is 2. The normalized spacial score (nSPS) is 20.1. The summed E-state index contributed by atoms with van der Waals surface area (Å²) in [7, 11) is 3.03. The third-order valence-corrected chi connectivity index (χ3v) is 5.55. The summed E-state index contributed by atoms with van der Waals surface area (Å²) in [6.45, 7) is 0. The van der Waals surface area contributed by atoms with Gasteiger partial charge in [0.05, 0.1) is 43.0 Å². The van der Waals surface area contributed by atoms with Crippen molar-refractivity contribution >= 4 is 29.1 Å². The average Bonchev–Trinajstić information content (AvgIpc) is 3.04. The third-order valence-electron chi connectivity index (χ3n) is 5.55. The van der Waals surface area contributed by atoms with Gasteiger partial charge in [-0.2, -0.15) is 0 Å². The summed E-state index contributed by atoms with van der Waals surface area (Å²) in [5.74, 6) is -0.671. The molecule has 154 valence electrons. The number of carbonyl (C=O) groups excluding carboxylic acids is 3. The van der Waals surface area contributed by atoms with Gasteiger partial charge in [-0.05, 0) is 37.1 Å². The monoisotopic (exact) mass is 406 g/mol. The first-order valence-electron chi connectivity index (χ1n) is 9.70. The fourth-order valence-electron chi connectivity index (χ4n) is 4.00.